The largest absolute Gasteiger partial charge is 0.461 e. The van der Waals surface area contributed by atoms with Crippen LogP contribution in [0.2, 0.25) is 5.02 Å². The molecule has 0 saturated heterocycles. The van der Waals surface area contributed by atoms with Crippen LogP contribution >= 0.6 is 11.6 Å². The van der Waals surface area contributed by atoms with Gasteiger partial charge in [-0.1, -0.05) is 23.7 Å². The van der Waals surface area contributed by atoms with Gasteiger partial charge in [0.25, 0.3) is 0 Å². The molecule has 0 bridgehead atoms. The molecule has 0 N–H and O–H groups in total. The van der Waals surface area contributed by atoms with Gasteiger partial charge in [-0.05, 0) is 36.4 Å². The third-order valence-corrected chi connectivity index (χ3v) is 3.24. The van der Waals surface area contributed by atoms with E-state index in [4.69, 9.17) is 16.0 Å². The van der Waals surface area contributed by atoms with Crippen LogP contribution in [0.4, 0.5) is 0 Å². The Morgan fingerprint density at radius 1 is 1.33 bits per heavy atom. The zero-order valence-electron chi connectivity index (χ0n) is 11.1. The van der Waals surface area contributed by atoms with Crippen LogP contribution in [0.3, 0.4) is 0 Å². The minimum absolute atomic E-state index is 0.138. The number of ketones is 1. The van der Waals surface area contributed by atoms with Crippen LogP contribution in [0.15, 0.2) is 47.1 Å². The number of Topliss-reactive ketones (excluding diaryl/α,β-unsaturated/α-hetero) is 1. The second-order valence-corrected chi connectivity index (χ2v) is 4.90. The van der Waals surface area contributed by atoms with Crippen LogP contribution in [0.5, 0.6) is 0 Å². The molecular formula is C14H11ClN4O2. The van der Waals surface area contributed by atoms with Gasteiger partial charge in [0.15, 0.2) is 11.5 Å². The minimum atomic E-state index is -0.584. The summed E-state index contributed by atoms with van der Waals surface area (Å²) in [6, 6.07) is 9.64. The first kappa shape index (κ1) is 13.5. The standard InChI is InChI=1S/C14H11ClN4O2/c1-9(13(20)10-4-2-5-11(15)8-10)19-17-14(16-18-19)12-6-3-7-21-12/h2-9H,1H3. The highest BCUT2D eigenvalue weighted by molar-refractivity contribution is 6.31. The SMILES string of the molecule is CC(C(=O)c1cccc(Cl)c1)n1nnc(-c2ccco2)n1. The van der Waals surface area contributed by atoms with Crippen molar-refractivity contribution in [3.63, 3.8) is 0 Å². The number of hydrogen-bond donors (Lipinski definition) is 0. The molecule has 0 radical (unpaired) electrons. The molecule has 7 heteroatoms. The van der Waals surface area contributed by atoms with Crippen LogP contribution in [-0.2, 0) is 0 Å². The van der Waals surface area contributed by atoms with E-state index < -0.39 is 6.04 Å². The summed E-state index contributed by atoms with van der Waals surface area (Å²) in [5.41, 5.74) is 0.506. The van der Waals surface area contributed by atoms with Gasteiger partial charge >= 0.3 is 0 Å². The van der Waals surface area contributed by atoms with Crippen molar-refractivity contribution in [3.05, 3.63) is 53.2 Å². The van der Waals surface area contributed by atoms with Crippen molar-refractivity contribution in [1.82, 2.24) is 20.2 Å². The molecule has 3 aromatic rings. The topological polar surface area (TPSA) is 73.8 Å². The second-order valence-electron chi connectivity index (χ2n) is 4.46. The normalized spacial score (nSPS) is 12.3. The predicted octanol–water partition coefficient (Wildman–Crippen LogP) is 3.03. The van der Waals surface area contributed by atoms with Crippen molar-refractivity contribution in [1.29, 1.82) is 0 Å². The monoisotopic (exact) mass is 302 g/mol. The molecule has 0 spiro atoms. The van der Waals surface area contributed by atoms with Crippen LogP contribution in [0.1, 0.15) is 23.3 Å². The molecule has 2 heterocycles. The molecule has 0 aliphatic rings. The average Bonchev–Trinajstić information content (AvgIpc) is 3.16. The van der Waals surface area contributed by atoms with Gasteiger partial charge in [-0.15, -0.1) is 10.2 Å². The van der Waals surface area contributed by atoms with E-state index in [-0.39, 0.29) is 5.78 Å². The maximum absolute atomic E-state index is 12.4. The molecule has 0 saturated carbocycles. The number of carbonyl (C=O) groups excluding carboxylic acids is 1. The number of carbonyl (C=O) groups is 1. The van der Waals surface area contributed by atoms with Crippen molar-refractivity contribution >= 4 is 17.4 Å². The number of benzene rings is 1. The number of hydrogen-bond acceptors (Lipinski definition) is 5. The summed E-state index contributed by atoms with van der Waals surface area (Å²) in [4.78, 5) is 13.6. The Morgan fingerprint density at radius 3 is 2.90 bits per heavy atom. The lowest BCUT2D eigenvalue weighted by molar-refractivity contribution is 0.0918. The van der Waals surface area contributed by atoms with Gasteiger partial charge in [-0.25, -0.2) is 0 Å². The van der Waals surface area contributed by atoms with Crippen LogP contribution in [0.25, 0.3) is 11.6 Å². The summed E-state index contributed by atoms with van der Waals surface area (Å²) in [5.74, 6) is 0.704. The van der Waals surface area contributed by atoms with Gasteiger partial charge in [0, 0.05) is 10.6 Å². The second kappa shape index (κ2) is 5.49. The summed E-state index contributed by atoms with van der Waals surface area (Å²) in [6.45, 7) is 1.71. The molecule has 3 rings (SSSR count). The summed E-state index contributed by atoms with van der Waals surface area (Å²) in [5, 5.41) is 12.5. The van der Waals surface area contributed by atoms with Crippen molar-refractivity contribution < 1.29 is 9.21 Å². The van der Waals surface area contributed by atoms with E-state index in [2.05, 4.69) is 15.4 Å². The molecular weight excluding hydrogens is 292 g/mol. The Kier molecular flexibility index (Phi) is 3.53. The summed E-state index contributed by atoms with van der Waals surface area (Å²) in [7, 11) is 0. The number of tetrazole rings is 1. The van der Waals surface area contributed by atoms with Crippen molar-refractivity contribution in [2.75, 3.05) is 0 Å². The lowest BCUT2D eigenvalue weighted by atomic mass is 10.1. The third kappa shape index (κ3) is 2.71. The molecule has 0 aliphatic carbocycles. The fourth-order valence-electron chi connectivity index (χ4n) is 1.88. The maximum atomic E-state index is 12.4. The van der Waals surface area contributed by atoms with Crippen LogP contribution < -0.4 is 0 Å². The molecule has 106 valence electrons. The number of aromatic nitrogens is 4. The Labute approximate surface area is 125 Å². The first-order valence-corrected chi connectivity index (χ1v) is 6.66. The lowest BCUT2D eigenvalue weighted by Gasteiger charge is -2.08. The van der Waals surface area contributed by atoms with E-state index in [9.17, 15) is 4.79 Å². The smallest absolute Gasteiger partial charge is 0.240 e. The molecule has 2 aromatic heterocycles. The fourth-order valence-corrected chi connectivity index (χ4v) is 2.07. The quantitative estimate of drug-likeness (QED) is 0.693. The van der Waals surface area contributed by atoms with Crippen LogP contribution in [-0.4, -0.2) is 26.0 Å². The fraction of sp³-hybridized carbons (Fsp3) is 0.143. The van der Waals surface area contributed by atoms with E-state index >= 15 is 0 Å². The maximum Gasteiger partial charge on any atom is 0.240 e. The van der Waals surface area contributed by atoms with Gasteiger partial charge < -0.3 is 4.42 Å². The molecule has 0 fully saturated rings. The first-order valence-electron chi connectivity index (χ1n) is 6.28. The highest BCUT2D eigenvalue weighted by Gasteiger charge is 2.21. The number of halogens is 1. The highest BCUT2D eigenvalue weighted by atomic mass is 35.5. The van der Waals surface area contributed by atoms with E-state index in [1.807, 2.05) is 0 Å². The number of furan rings is 1. The van der Waals surface area contributed by atoms with E-state index in [1.54, 1.807) is 43.3 Å². The Morgan fingerprint density at radius 2 is 2.19 bits per heavy atom. The number of nitrogens with zero attached hydrogens (tertiary/aromatic N) is 4. The zero-order valence-corrected chi connectivity index (χ0v) is 11.9. The number of rotatable bonds is 4. The van der Waals surface area contributed by atoms with Gasteiger partial charge in [-0.3, -0.25) is 4.79 Å². The molecule has 1 aromatic carbocycles. The molecule has 0 amide bonds. The Balaban J connectivity index is 1.85. The first-order chi connectivity index (χ1) is 10.1. The van der Waals surface area contributed by atoms with Gasteiger partial charge in [-0.2, -0.15) is 4.80 Å². The van der Waals surface area contributed by atoms with E-state index in [0.717, 1.165) is 0 Å². The van der Waals surface area contributed by atoms with E-state index in [1.165, 1.54) is 11.1 Å². The minimum Gasteiger partial charge on any atom is -0.461 e. The van der Waals surface area contributed by atoms with Crippen molar-refractivity contribution in [2.45, 2.75) is 13.0 Å². The Bertz CT molecular complexity index is 767. The lowest BCUT2D eigenvalue weighted by Crippen LogP contribution is -2.19. The predicted molar refractivity (Wildman–Crippen MR) is 76.0 cm³/mol. The third-order valence-electron chi connectivity index (χ3n) is 3.00. The average molecular weight is 303 g/mol. The molecule has 21 heavy (non-hydrogen) atoms. The highest BCUT2D eigenvalue weighted by Crippen LogP contribution is 2.18. The summed E-state index contributed by atoms with van der Waals surface area (Å²) >= 11 is 5.90. The van der Waals surface area contributed by atoms with Crippen molar-refractivity contribution in [3.8, 4) is 11.6 Å². The van der Waals surface area contributed by atoms with Crippen molar-refractivity contribution in [2.24, 2.45) is 0 Å². The van der Waals surface area contributed by atoms with Gasteiger partial charge in [0.2, 0.25) is 5.82 Å². The summed E-state index contributed by atoms with van der Waals surface area (Å²) < 4.78 is 5.19. The molecule has 1 unspecified atom stereocenters. The van der Waals surface area contributed by atoms with Crippen LogP contribution in [0, 0.1) is 0 Å². The van der Waals surface area contributed by atoms with Gasteiger partial charge in [0.05, 0.1) is 6.26 Å². The molecule has 0 aliphatic heterocycles. The zero-order chi connectivity index (χ0) is 14.8. The van der Waals surface area contributed by atoms with Gasteiger partial charge in [0.1, 0.15) is 6.04 Å². The summed E-state index contributed by atoms with van der Waals surface area (Å²) in [6.07, 6.45) is 1.52. The molecule has 1 atom stereocenters. The molecule has 6 nitrogen and oxygen atoms in total. The Hall–Kier alpha value is -2.47. The van der Waals surface area contributed by atoms with E-state index in [0.29, 0.717) is 22.2 Å².